The maximum Gasteiger partial charge on any atom is 0.112 e. The van der Waals surface area contributed by atoms with E-state index in [1.54, 1.807) is 0 Å². The van der Waals surface area contributed by atoms with Crippen LogP contribution in [0.15, 0.2) is 73.1 Å². The number of hydrogen-bond acceptors (Lipinski definition) is 1. The van der Waals surface area contributed by atoms with E-state index in [9.17, 15) is 0 Å². The minimum Gasteiger partial charge on any atom is -0.335 e. The first kappa shape index (κ1) is 18.4. The van der Waals surface area contributed by atoms with Gasteiger partial charge in [-0.2, -0.15) is 0 Å². The summed E-state index contributed by atoms with van der Waals surface area (Å²) in [7, 11) is 0. The lowest BCUT2D eigenvalue weighted by molar-refractivity contribution is 0.282. The van der Waals surface area contributed by atoms with Gasteiger partial charge in [-0.1, -0.05) is 81.4 Å². The predicted octanol–water partition coefficient (Wildman–Crippen LogP) is 5.84. The third-order valence-electron chi connectivity index (χ3n) is 5.57. The van der Waals surface area contributed by atoms with Crippen molar-refractivity contribution in [3.63, 3.8) is 0 Å². The normalized spacial score (nSPS) is 15.0. The summed E-state index contributed by atoms with van der Waals surface area (Å²) in [5.41, 5.74) is 2.72. The minimum absolute atomic E-state index is 0.0327. The molecule has 0 fully saturated rings. The summed E-state index contributed by atoms with van der Waals surface area (Å²) < 4.78 is 2.30. The summed E-state index contributed by atoms with van der Waals surface area (Å²) in [5, 5.41) is 0. The molecule has 26 heavy (non-hydrogen) atoms. The lowest BCUT2D eigenvalue weighted by Gasteiger charge is -2.41. The first-order valence-corrected chi connectivity index (χ1v) is 9.66. The van der Waals surface area contributed by atoms with Gasteiger partial charge >= 0.3 is 0 Å². The average molecular weight is 347 g/mol. The molecule has 2 aromatic carbocycles. The van der Waals surface area contributed by atoms with Crippen LogP contribution in [-0.4, -0.2) is 9.55 Å². The van der Waals surface area contributed by atoms with Gasteiger partial charge in [0, 0.05) is 30.3 Å². The summed E-state index contributed by atoms with van der Waals surface area (Å²) in [4.78, 5) is 4.80. The van der Waals surface area contributed by atoms with Gasteiger partial charge in [-0.3, -0.25) is 0 Å². The minimum atomic E-state index is -0.0327. The van der Waals surface area contributed by atoms with Gasteiger partial charge in [0.2, 0.25) is 0 Å². The Labute approximate surface area is 157 Å². The van der Waals surface area contributed by atoms with Crippen molar-refractivity contribution in [2.45, 2.75) is 52.0 Å². The van der Waals surface area contributed by atoms with Gasteiger partial charge in [0.25, 0.3) is 0 Å². The van der Waals surface area contributed by atoms with Crippen LogP contribution in [0.2, 0.25) is 0 Å². The Balaban J connectivity index is 2.14. The number of aryl methyl sites for hydroxylation is 1. The second-order valence-corrected chi connectivity index (χ2v) is 7.74. The molecule has 0 N–H and O–H groups in total. The van der Waals surface area contributed by atoms with Crippen molar-refractivity contribution in [2.24, 2.45) is 5.92 Å². The second kappa shape index (κ2) is 7.90. The van der Waals surface area contributed by atoms with Gasteiger partial charge < -0.3 is 4.57 Å². The molecule has 3 rings (SSSR count). The molecule has 0 aliphatic carbocycles. The number of aromatic nitrogens is 2. The van der Waals surface area contributed by atoms with Crippen LogP contribution in [-0.2, 0) is 18.4 Å². The van der Waals surface area contributed by atoms with Crippen molar-refractivity contribution in [3.05, 3.63) is 90.0 Å². The Morgan fingerprint density at radius 2 is 1.58 bits per heavy atom. The topological polar surface area (TPSA) is 17.8 Å². The molecule has 2 atom stereocenters. The molecular formula is C24H30N2. The van der Waals surface area contributed by atoms with Crippen LogP contribution in [0.3, 0.4) is 0 Å². The average Bonchev–Trinajstić information content (AvgIpc) is 3.11. The van der Waals surface area contributed by atoms with E-state index in [0.717, 1.165) is 13.0 Å². The zero-order valence-corrected chi connectivity index (χ0v) is 16.4. The second-order valence-electron chi connectivity index (χ2n) is 7.74. The molecule has 0 saturated heterocycles. The van der Waals surface area contributed by atoms with E-state index >= 15 is 0 Å². The van der Waals surface area contributed by atoms with Crippen LogP contribution >= 0.6 is 0 Å². The third kappa shape index (κ3) is 3.60. The SMILES string of the molecule is CCn1ccnc1C(C(C)C)C(C)(Cc1ccccc1)c1ccccc1. The van der Waals surface area contributed by atoms with E-state index in [2.05, 4.69) is 99.1 Å². The van der Waals surface area contributed by atoms with Gasteiger partial charge in [-0.15, -0.1) is 0 Å². The highest BCUT2D eigenvalue weighted by Crippen LogP contribution is 2.45. The van der Waals surface area contributed by atoms with E-state index in [0.29, 0.717) is 11.8 Å². The Morgan fingerprint density at radius 1 is 0.962 bits per heavy atom. The van der Waals surface area contributed by atoms with Crippen LogP contribution in [0.1, 0.15) is 50.6 Å². The molecule has 0 radical (unpaired) electrons. The molecule has 0 aliphatic rings. The monoisotopic (exact) mass is 346 g/mol. The fraction of sp³-hybridized carbons (Fsp3) is 0.375. The molecule has 136 valence electrons. The highest BCUT2D eigenvalue weighted by molar-refractivity contribution is 5.33. The molecule has 3 aromatic rings. The van der Waals surface area contributed by atoms with Crippen LogP contribution in [0.5, 0.6) is 0 Å². The lowest BCUT2D eigenvalue weighted by Crippen LogP contribution is -2.37. The van der Waals surface area contributed by atoms with Crippen molar-refractivity contribution in [2.75, 3.05) is 0 Å². The quantitative estimate of drug-likeness (QED) is 0.525. The van der Waals surface area contributed by atoms with Crippen LogP contribution in [0, 0.1) is 5.92 Å². The highest BCUT2D eigenvalue weighted by Gasteiger charge is 2.41. The summed E-state index contributed by atoms with van der Waals surface area (Å²) in [6.07, 6.45) is 5.05. The largest absolute Gasteiger partial charge is 0.335 e. The Bertz CT molecular complexity index is 804. The van der Waals surface area contributed by atoms with Crippen molar-refractivity contribution in [1.29, 1.82) is 0 Å². The number of rotatable bonds is 7. The molecule has 0 aliphatic heterocycles. The predicted molar refractivity (Wildman–Crippen MR) is 109 cm³/mol. The fourth-order valence-corrected chi connectivity index (χ4v) is 4.42. The summed E-state index contributed by atoms with van der Waals surface area (Å²) in [6, 6.07) is 21.8. The van der Waals surface area contributed by atoms with Crippen molar-refractivity contribution in [3.8, 4) is 0 Å². The Morgan fingerprint density at radius 3 is 2.15 bits per heavy atom. The smallest absolute Gasteiger partial charge is 0.112 e. The molecule has 2 heteroatoms. The molecule has 1 heterocycles. The third-order valence-corrected chi connectivity index (χ3v) is 5.57. The van der Waals surface area contributed by atoms with Crippen molar-refractivity contribution in [1.82, 2.24) is 9.55 Å². The van der Waals surface area contributed by atoms with E-state index in [-0.39, 0.29) is 5.41 Å². The van der Waals surface area contributed by atoms with Crippen LogP contribution < -0.4 is 0 Å². The zero-order valence-electron chi connectivity index (χ0n) is 16.4. The molecule has 0 saturated carbocycles. The number of hydrogen-bond donors (Lipinski definition) is 0. The van der Waals surface area contributed by atoms with Crippen molar-refractivity contribution >= 4 is 0 Å². The van der Waals surface area contributed by atoms with Gasteiger partial charge in [-0.25, -0.2) is 4.98 Å². The number of nitrogens with zero attached hydrogens (tertiary/aromatic N) is 2. The maximum atomic E-state index is 4.80. The summed E-state index contributed by atoms with van der Waals surface area (Å²) in [5.74, 6) is 2.02. The van der Waals surface area contributed by atoms with Crippen LogP contribution in [0.4, 0.5) is 0 Å². The van der Waals surface area contributed by atoms with E-state index in [4.69, 9.17) is 4.98 Å². The molecule has 2 nitrogen and oxygen atoms in total. The zero-order chi connectivity index (χ0) is 18.6. The standard InChI is InChI=1S/C24H30N2/c1-5-26-17-16-25-23(26)22(19(2)3)24(4,21-14-10-7-11-15-21)18-20-12-8-6-9-13-20/h6-17,19,22H,5,18H2,1-4H3. The van der Waals surface area contributed by atoms with Crippen molar-refractivity contribution < 1.29 is 0 Å². The first-order chi connectivity index (χ1) is 12.6. The van der Waals surface area contributed by atoms with Gasteiger partial charge in [0.15, 0.2) is 0 Å². The van der Waals surface area contributed by atoms with E-state index in [1.165, 1.54) is 17.0 Å². The van der Waals surface area contributed by atoms with Gasteiger partial charge in [0.05, 0.1) is 0 Å². The van der Waals surface area contributed by atoms with Crippen LogP contribution in [0.25, 0.3) is 0 Å². The molecule has 2 unspecified atom stereocenters. The fourth-order valence-electron chi connectivity index (χ4n) is 4.42. The van der Waals surface area contributed by atoms with E-state index in [1.807, 2.05) is 6.20 Å². The molecule has 0 bridgehead atoms. The Hall–Kier alpha value is -2.35. The van der Waals surface area contributed by atoms with Gasteiger partial charge in [-0.05, 0) is 30.4 Å². The maximum absolute atomic E-state index is 4.80. The molecular weight excluding hydrogens is 316 g/mol. The molecule has 1 aromatic heterocycles. The highest BCUT2D eigenvalue weighted by atomic mass is 15.1. The Kier molecular flexibility index (Phi) is 5.61. The molecule has 0 spiro atoms. The first-order valence-electron chi connectivity index (χ1n) is 9.66. The number of imidazole rings is 1. The molecule has 0 amide bonds. The van der Waals surface area contributed by atoms with E-state index < -0.39 is 0 Å². The summed E-state index contributed by atoms with van der Waals surface area (Å²) >= 11 is 0. The lowest BCUT2D eigenvalue weighted by atomic mass is 9.64. The van der Waals surface area contributed by atoms with Gasteiger partial charge in [0.1, 0.15) is 5.82 Å². The summed E-state index contributed by atoms with van der Waals surface area (Å²) in [6.45, 7) is 10.2. The number of benzene rings is 2.